The van der Waals surface area contributed by atoms with Crippen LogP contribution in [-0.4, -0.2) is 37.1 Å². The van der Waals surface area contributed by atoms with Crippen molar-refractivity contribution in [2.24, 2.45) is 13.0 Å². The molecule has 0 amide bonds. The Morgan fingerprint density at radius 3 is 2.73 bits per heavy atom. The number of H-pyrrole nitrogens is 1. The maximum absolute atomic E-state index is 14.3. The molecule has 0 bridgehead atoms. The average Bonchev–Trinajstić information content (AvgIpc) is 3.56. The number of hydrogen-bond acceptors (Lipinski definition) is 3. The number of benzene rings is 2. The molecule has 2 aromatic carbocycles. The first-order valence-corrected chi connectivity index (χ1v) is 14.3. The molecule has 2 fully saturated rings. The standard InChI is InChI=1S/C33H34FN5O/c1-21-5-4-13-38(18-21)19-25-17-28-30(22-8-9-22)20-39(33(40)31(28)36-25)26-7-3-6-23(15-26)27-11-10-24(34)16-29(27)32-35-12-14-37(32)2/h3,6-7,10-12,14-17,20-22,36H,4-5,8-9,13,18-19H2,1-2H3/t21-/m0/s1. The fraction of sp³-hybridized carbons (Fsp3) is 0.333. The molecule has 7 heteroatoms. The summed E-state index contributed by atoms with van der Waals surface area (Å²) >= 11 is 0. The Morgan fingerprint density at radius 1 is 1.07 bits per heavy atom. The van der Waals surface area contributed by atoms with Crippen molar-refractivity contribution in [3.05, 3.63) is 94.5 Å². The SMILES string of the molecule is C[C@H]1CCCN(Cc2cc3c(C4CC4)cn(-c4cccc(-c5ccc(F)cc5-c5nccn5C)c4)c(=O)c3[nH]2)C1. The molecule has 1 atom stereocenters. The molecule has 3 aromatic heterocycles. The Kier molecular flexibility index (Phi) is 6.19. The van der Waals surface area contributed by atoms with E-state index in [4.69, 9.17) is 0 Å². The molecule has 0 unspecified atom stereocenters. The molecule has 1 saturated heterocycles. The number of hydrogen-bond donors (Lipinski definition) is 1. The smallest absolute Gasteiger partial charge is 0.279 e. The number of imidazole rings is 1. The van der Waals surface area contributed by atoms with E-state index in [1.807, 2.05) is 48.3 Å². The minimum Gasteiger partial charge on any atom is -0.353 e. The van der Waals surface area contributed by atoms with Crippen molar-refractivity contribution < 1.29 is 4.39 Å². The molecule has 0 radical (unpaired) electrons. The van der Waals surface area contributed by atoms with Gasteiger partial charge in [-0.1, -0.05) is 25.1 Å². The molecule has 1 aliphatic carbocycles. The molecule has 1 aliphatic heterocycles. The van der Waals surface area contributed by atoms with Crippen LogP contribution in [0.5, 0.6) is 0 Å². The Morgan fingerprint density at radius 2 is 1.95 bits per heavy atom. The van der Waals surface area contributed by atoms with Gasteiger partial charge in [-0.05, 0) is 91.1 Å². The minimum absolute atomic E-state index is 0.0433. The monoisotopic (exact) mass is 535 g/mol. The second kappa shape index (κ2) is 9.89. The normalized spacial score (nSPS) is 18.0. The summed E-state index contributed by atoms with van der Waals surface area (Å²) in [7, 11) is 1.90. The molecule has 1 saturated carbocycles. The molecule has 1 N–H and O–H groups in total. The van der Waals surface area contributed by atoms with Crippen LogP contribution < -0.4 is 5.56 Å². The van der Waals surface area contributed by atoms with Crippen LogP contribution in [0.15, 0.2) is 71.9 Å². The van der Waals surface area contributed by atoms with Crippen LogP contribution in [0.3, 0.4) is 0 Å². The first-order valence-electron chi connectivity index (χ1n) is 14.3. The lowest BCUT2D eigenvalue weighted by Crippen LogP contribution is -2.33. The van der Waals surface area contributed by atoms with Crippen LogP contribution >= 0.6 is 0 Å². The van der Waals surface area contributed by atoms with E-state index in [2.05, 4.69) is 27.9 Å². The molecule has 40 heavy (non-hydrogen) atoms. The molecule has 2 aliphatic rings. The zero-order chi connectivity index (χ0) is 27.4. The predicted molar refractivity (Wildman–Crippen MR) is 157 cm³/mol. The van der Waals surface area contributed by atoms with Crippen LogP contribution in [0.4, 0.5) is 4.39 Å². The van der Waals surface area contributed by atoms with E-state index in [1.165, 1.54) is 30.5 Å². The number of likely N-dealkylation sites (tertiary alicyclic amines) is 1. The van der Waals surface area contributed by atoms with Crippen molar-refractivity contribution in [1.82, 2.24) is 24.0 Å². The fourth-order valence-electron chi connectivity index (χ4n) is 6.36. The summed E-state index contributed by atoms with van der Waals surface area (Å²) in [4.78, 5) is 24.4. The maximum Gasteiger partial charge on any atom is 0.279 e. The summed E-state index contributed by atoms with van der Waals surface area (Å²) in [6.07, 6.45) is 10.4. The van der Waals surface area contributed by atoms with E-state index < -0.39 is 0 Å². The van der Waals surface area contributed by atoms with Crippen LogP contribution in [0.2, 0.25) is 0 Å². The van der Waals surface area contributed by atoms with Gasteiger partial charge in [-0.2, -0.15) is 0 Å². The number of piperidine rings is 1. The zero-order valence-electron chi connectivity index (χ0n) is 23.0. The number of rotatable bonds is 6. The number of aryl methyl sites for hydroxylation is 1. The minimum atomic E-state index is -0.310. The van der Waals surface area contributed by atoms with Gasteiger partial charge >= 0.3 is 0 Å². The van der Waals surface area contributed by atoms with Gasteiger partial charge in [0.1, 0.15) is 17.2 Å². The van der Waals surface area contributed by atoms with Crippen LogP contribution in [0.1, 0.15) is 49.8 Å². The summed E-state index contributed by atoms with van der Waals surface area (Å²) in [5, 5.41) is 1.07. The van der Waals surface area contributed by atoms with Crippen molar-refractivity contribution in [3.63, 3.8) is 0 Å². The summed E-state index contributed by atoms with van der Waals surface area (Å²) in [6.45, 7) is 5.38. The van der Waals surface area contributed by atoms with E-state index in [-0.39, 0.29) is 11.4 Å². The first kappa shape index (κ1) is 25.0. The highest BCUT2D eigenvalue weighted by molar-refractivity contribution is 5.85. The van der Waals surface area contributed by atoms with E-state index in [1.54, 1.807) is 16.8 Å². The van der Waals surface area contributed by atoms with E-state index in [0.717, 1.165) is 60.4 Å². The van der Waals surface area contributed by atoms with Crippen LogP contribution in [-0.2, 0) is 13.6 Å². The van der Waals surface area contributed by atoms with Crippen LogP contribution in [0.25, 0.3) is 39.1 Å². The van der Waals surface area contributed by atoms with Crippen molar-refractivity contribution >= 4 is 10.9 Å². The highest BCUT2D eigenvalue weighted by atomic mass is 19.1. The summed E-state index contributed by atoms with van der Waals surface area (Å²) in [6, 6.07) is 14.9. The van der Waals surface area contributed by atoms with Gasteiger partial charge in [0.15, 0.2) is 0 Å². The van der Waals surface area contributed by atoms with Gasteiger partial charge in [-0.25, -0.2) is 9.37 Å². The number of nitrogens with zero attached hydrogens (tertiary/aromatic N) is 4. The summed E-state index contributed by atoms with van der Waals surface area (Å²) in [5.74, 6) is 1.58. The van der Waals surface area contributed by atoms with E-state index in [9.17, 15) is 9.18 Å². The average molecular weight is 536 g/mol. The number of pyridine rings is 1. The van der Waals surface area contributed by atoms with Crippen molar-refractivity contribution in [3.8, 4) is 28.2 Å². The summed E-state index contributed by atoms with van der Waals surface area (Å²) in [5.41, 5.74) is 6.28. The van der Waals surface area contributed by atoms with Gasteiger partial charge in [-0.3, -0.25) is 14.3 Å². The Labute approximate surface area is 233 Å². The second-order valence-corrected chi connectivity index (χ2v) is 11.7. The van der Waals surface area contributed by atoms with Crippen molar-refractivity contribution in [2.45, 2.75) is 45.1 Å². The van der Waals surface area contributed by atoms with Gasteiger partial charge in [0.25, 0.3) is 5.56 Å². The summed E-state index contributed by atoms with van der Waals surface area (Å²) < 4.78 is 18.0. The van der Waals surface area contributed by atoms with E-state index >= 15 is 0 Å². The molecule has 0 spiro atoms. The number of aromatic nitrogens is 4. The number of fused-ring (bicyclic) bond motifs is 1. The highest BCUT2D eigenvalue weighted by Gasteiger charge is 2.28. The molecule has 204 valence electrons. The Balaban J connectivity index is 1.31. The molecule has 4 heterocycles. The molecular formula is C33H34FN5O. The zero-order valence-corrected chi connectivity index (χ0v) is 23.0. The first-order chi connectivity index (χ1) is 19.4. The predicted octanol–water partition coefficient (Wildman–Crippen LogP) is 6.63. The maximum atomic E-state index is 14.3. The molecule has 7 rings (SSSR count). The number of aromatic amines is 1. The largest absolute Gasteiger partial charge is 0.353 e. The molecule has 5 aromatic rings. The third-order valence-corrected chi connectivity index (χ3v) is 8.52. The Bertz CT molecular complexity index is 1780. The second-order valence-electron chi connectivity index (χ2n) is 11.7. The lowest BCUT2D eigenvalue weighted by molar-refractivity contribution is 0.175. The molecule has 6 nitrogen and oxygen atoms in total. The topological polar surface area (TPSA) is 58.9 Å². The highest BCUT2D eigenvalue weighted by Crippen LogP contribution is 2.43. The quantitative estimate of drug-likeness (QED) is 0.265. The van der Waals surface area contributed by atoms with Gasteiger partial charge in [0.2, 0.25) is 0 Å². The Hall–Kier alpha value is -3.97. The lowest BCUT2D eigenvalue weighted by Gasteiger charge is -2.30. The molecular weight excluding hydrogens is 501 g/mol. The number of halogens is 1. The van der Waals surface area contributed by atoms with Crippen LogP contribution in [0, 0.1) is 11.7 Å². The number of nitrogens with one attached hydrogen (secondary N) is 1. The lowest BCUT2D eigenvalue weighted by atomic mass is 9.98. The van der Waals surface area contributed by atoms with E-state index in [0.29, 0.717) is 28.7 Å². The fourth-order valence-corrected chi connectivity index (χ4v) is 6.36. The van der Waals surface area contributed by atoms with Gasteiger partial charge in [-0.15, -0.1) is 0 Å². The van der Waals surface area contributed by atoms with Crippen molar-refractivity contribution in [2.75, 3.05) is 13.1 Å². The van der Waals surface area contributed by atoms with Crippen molar-refractivity contribution in [1.29, 1.82) is 0 Å². The van der Waals surface area contributed by atoms with Gasteiger partial charge in [0.05, 0.1) is 0 Å². The third kappa shape index (κ3) is 4.58. The van der Waals surface area contributed by atoms with Gasteiger partial charge < -0.3 is 9.55 Å². The third-order valence-electron chi connectivity index (χ3n) is 8.52. The van der Waals surface area contributed by atoms with Gasteiger partial charge in [0, 0.05) is 61.1 Å².